The van der Waals surface area contributed by atoms with Gasteiger partial charge < -0.3 is 15.8 Å². The van der Waals surface area contributed by atoms with Crippen LogP contribution in [0.2, 0.25) is 0 Å². The summed E-state index contributed by atoms with van der Waals surface area (Å²) in [7, 11) is 1.63. The molecule has 0 bridgehead atoms. The summed E-state index contributed by atoms with van der Waals surface area (Å²) in [5.74, 6) is 0.795. The predicted octanol–water partition coefficient (Wildman–Crippen LogP) is 2.27. The van der Waals surface area contributed by atoms with Crippen molar-refractivity contribution in [3.05, 3.63) is 30.4 Å². The van der Waals surface area contributed by atoms with Crippen molar-refractivity contribution in [2.45, 2.75) is 6.92 Å². The molecule has 0 unspecified atom stereocenters. The highest BCUT2D eigenvalue weighted by Gasteiger charge is 2.00. The highest BCUT2D eigenvalue weighted by molar-refractivity contribution is 5.68. The van der Waals surface area contributed by atoms with E-state index >= 15 is 0 Å². The fourth-order valence-corrected chi connectivity index (χ4v) is 1.06. The zero-order valence-corrected chi connectivity index (χ0v) is 8.63. The molecule has 3 nitrogen and oxygen atoms in total. The first-order chi connectivity index (χ1) is 6.63. The number of nitrogens with one attached hydrogen (secondary N) is 1. The van der Waals surface area contributed by atoms with E-state index in [-0.39, 0.29) is 0 Å². The summed E-state index contributed by atoms with van der Waals surface area (Å²) in [6.45, 7) is 6.49. The second-order valence-electron chi connectivity index (χ2n) is 3.26. The first-order valence-corrected chi connectivity index (χ1v) is 4.45. The van der Waals surface area contributed by atoms with E-state index < -0.39 is 0 Å². The van der Waals surface area contributed by atoms with E-state index in [1.807, 2.05) is 25.1 Å². The van der Waals surface area contributed by atoms with Gasteiger partial charge in [-0.2, -0.15) is 0 Å². The summed E-state index contributed by atoms with van der Waals surface area (Å²) in [5.41, 5.74) is 8.44. The van der Waals surface area contributed by atoms with Gasteiger partial charge in [0.05, 0.1) is 18.5 Å². The average Bonchev–Trinajstić information content (AvgIpc) is 2.16. The van der Waals surface area contributed by atoms with Gasteiger partial charge in [-0.05, 0) is 19.1 Å². The van der Waals surface area contributed by atoms with Gasteiger partial charge in [-0.15, -0.1) is 0 Å². The zero-order valence-electron chi connectivity index (χ0n) is 8.63. The third kappa shape index (κ3) is 2.69. The van der Waals surface area contributed by atoms with Gasteiger partial charge >= 0.3 is 0 Å². The Morgan fingerprint density at radius 1 is 1.57 bits per heavy atom. The Morgan fingerprint density at radius 3 is 2.86 bits per heavy atom. The lowest BCUT2D eigenvalue weighted by Crippen LogP contribution is -2.04. The fourth-order valence-electron chi connectivity index (χ4n) is 1.06. The number of hydrogen-bond donors (Lipinski definition) is 2. The Kier molecular flexibility index (Phi) is 3.40. The van der Waals surface area contributed by atoms with Gasteiger partial charge in [0.1, 0.15) is 5.75 Å². The second kappa shape index (κ2) is 4.56. The molecule has 76 valence electrons. The summed E-state index contributed by atoms with van der Waals surface area (Å²) in [6, 6.07) is 5.53. The zero-order chi connectivity index (χ0) is 10.6. The van der Waals surface area contributed by atoms with Crippen molar-refractivity contribution in [3.63, 3.8) is 0 Å². The molecule has 0 saturated heterocycles. The van der Waals surface area contributed by atoms with E-state index in [2.05, 4.69) is 11.9 Å². The maximum absolute atomic E-state index is 5.78. The molecule has 14 heavy (non-hydrogen) atoms. The van der Waals surface area contributed by atoms with Crippen molar-refractivity contribution >= 4 is 11.4 Å². The Bertz CT molecular complexity index is 334. The molecule has 0 radical (unpaired) electrons. The molecule has 0 aromatic heterocycles. The number of nitrogens with two attached hydrogens (primary N) is 1. The molecule has 0 saturated carbocycles. The van der Waals surface area contributed by atoms with E-state index in [0.29, 0.717) is 5.69 Å². The Morgan fingerprint density at radius 2 is 2.29 bits per heavy atom. The lowest BCUT2D eigenvalue weighted by molar-refractivity contribution is 0.415. The van der Waals surface area contributed by atoms with E-state index in [4.69, 9.17) is 10.5 Å². The van der Waals surface area contributed by atoms with Gasteiger partial charge in [0.25, 0.3) is 0 Å². The van der Waals surface area contributed by atoms with E-state index in [0.717, 1.165) is 23.6 Å². The van der Waals surface area contributed by atoms with Crippen molar-refractivity contribution in [1.82, 2.24) is 0 Å². The molecule has 0 fully saturated rings. The van der Waals surface area contributed by atoms with Gasteiger partial charge in [0, 0.05) is 12.6 Å². The molecular formula is C11H16N2O. The fraction of sp³-hybridized carbons (Fsp3) is 0.273. The number of ether oxygens (including phenoxy) is 1. The van der Waals surface area contributed by atoms with E-state index in [1.54, 1.807) is 7.11 Å². The van der Waals surface area contributed by atoms with Gasteiger partial charge in [0.2, 0.25) is 0 Å². The molecule has 3 heteroatoms. The largest absolute Gasteiger partial charge is 0.497 e. The van der Waals surface area contributed by atoms with Crippen LogP contribution in [0.1, 0.15) is 6.92 Å². The minimum absolute atomic E-state index is 0.715. The van der Waals surface area contributed by atoms with Crippen molar-refractivity contribution in [2.24, 2.45) is 0 Å². The highest BCUT2D eigenvalue weighted by atomic mass is 16.5. The number of benzene rings is 1. The predicted molar refractivity (Wildman–Crippen MR) is 60.7 cm³/mol. The second-order valence-corrected chi connectivity index (χ2v) is 3.26. The standard InChI is InChI=1S/C11H16N2O/c1-8(2)7-13-11-6-9(14-3)4-5-10(11)12/h4-6,13H,1,7,12H2,2-3H3. The molecule has 0 aliphatic heterocycles. The van der Waals surface area contributed by atoms with Crippen LogP contribution in [0.4, 0.5) is 11.4 Å². The van der Waals surface area contributed by atoms with Gasteiger partial charge in [-0.3, -0.25) is 0 Å². The minimum Gasteiger partial charge on any atom is -0.497 e. The summed E-state index contributed by atoms with van der Waals surface area (Å²) >= 11 is 0. The molecule has 0 aliphatic carbocycles. The quantitative estimate of drug-likeness (QED) is 0.568. The molecule has 0 aliphatic rings. The molecule has 0 atom stereocenters. The molecule has 3 N–H and O–H groups in total. The van der Waals surface area contributed by atoms with Crippen LogP contribution in [0.15, 0.2) is 30.4 Å². The summed E-state index contributed by atoms with van der Waals surface area (Å²) in [6.07, 6.45) is 0. The molecule has 1 aromatic carbocycles. The minimum atomic E-state index is 0.715. The van der Waals surface area contributed by atoms with Crippen molar-refractivity contribution in [1.29, 1.82) is 0 Å². The smallest absolute Gasteiger partial charge is 0.121 e. The van der Waals surface area contributed by atoms with Gasteiger partial charge in [-0.25, -0.2) is 0 Å². The van der Waals surface area contributed by atoms with Crippen LogP contribution >= 0.6 is 0 Å². The van der Waals surface area contributed by atoms with Crippen molar-refractivity contribution < 1.29 is 4.74 Å². The van der Waals surface area contributed by atoms with Crippen molar-refractivity contribution in [2.75, 3.05) is 24.7 Å². The lowest BCUT2D eigenvalue weighted by atomic mass is 10.2. The maximum Gasteiger partial charge on any atom is 0.121 e. The topological polar surface area (TPSA) is 47.3 Å². The summed E-state index contributed by atoms with van der Waals surface area (Å²) in [4.78, 5) is 0. The number of anilines is 2. The van der Waals surface area contributed by atoms with Crippen LogP contribution in [0.3, 0.4) is 0 Å². The summed E-state index contributed by atoms with van der Waals surface area (Å²) in [5, 5.41) is 3.18. The van der Waals surface area contributed by atoms with Crippen LogP contribution < -0.4 is 15.8 Å². The first kappa shape index (κ1) is 10.4. The van der Waals surface area contributed by atoms with Crippen LogP contribution in [0.25, 0.3) is 0 Å². The molecule has 0 amide bonds. The van der Waals surface area contributed by atoms with Crippen LogP contribution in [0.5, 0.6) is 5.75 Å². The third-order valence-electron chi connectivity index (χ3n) is 1.84. The average molecular weight is 192 g/mol. The van der Waals surface area contributed by atoms with E-state index in [1.165, 1.54) is 0 Å². The lowest BCUT2D eigenvalue weighted by Gasteiger charge is -2.10. The third-order valence-corrected chi connectivity index (χ3v) is 1.84. The molecular weight excluding hydrogens is 176 g/mol. The van der Waals surface area contributed by atoms with Crippen LogP contribution in [-0.2, 0) is 0 Å². The Labute approximate surface area is 84.6 Å². The number of nitrogen functional groups attached to an aromatic ring is 1. The normalized spacial score (nSPS) is 9.57. The highest BCUT2D eigenvalue weighted by Crippen LogP contribution is 2.24. The Hall–Kier alpha value is -1.64. The van der Waals surface area contributed by atoms with Crippen molar-refractivity contribution in [3.8, 4) is 5.75 Å². The molecule has 1 rings (SSSR count). The van der Waals surface area contributed by atoms with Gasteiger partial charge in [0.15, 0.2) is 0 Å². The molecule has 1 aromatic rings. The maximum atomic E-state index is 5.78. The number of hydrogen-bond acceptors (Lipinski definition) is 3. The number of rotatable bonds is 4. The Balaban J connectivity index is 2.78. The van der Waals surface area contributed by atoms with Crippen LogP contribution in [-0.4, -0.2) is 13.7 Å². The van der Waals surface area contributed by atoms with Crippen LogP contribution in [0, 0.1) is 0 Å². The van der Waals surface area contributed by atoms with E-state index in [9.17, 15) is 0 Å². The monoisotopic (exact) mass is 192 g/mol. The SMILES string of the molecule is C=C(C)CNc1cc(OC)ccc1N. The molecule has 0 spiro atoms. The van der Waals surface area contributed by atoms with Gasteiger partial charge in [-0.1, -0.05) is 12.2 Å². The number of methoxy groups -OCH3 is 1. The summed E-state index contributed by atoms with van der Waals surface area (Å²) < 4.78 is 5.10. The molecule has 0 heterocycles. The first-order valence-electron chi connectivity index (χ1n) is 4.45.